The third-order valence-corrected chi connectivity index (χ3v) is 3.51. The van der Waals surface area contributed by atoms with Crippen molar-refractivity contribution < 1.29 is 13.9 Å². The lowest BCUT2D eigenvalue weighted by atomic mass is 9.98. The third kappa shape index (κ3) is 2.90. The van der Waals surface area contributed by atoms with E-state index in [1.165, 1.54) is 12.1 Å². The van der Waals surface area contributed by atoms with Gasteiger partial charge < -0.3 is 4.74 Å². The molecule has 2 aromatic carbocycles. The lowest BCUT2D eigenvalue weighted by Crippen LogP contribution is -2.04. The van der Waals surface area contributed by atoms with E-state index in [9.17, 15) is 9.18 Å². The van der Waals surface area contributed by atoms with Crippen LogP contribution in [0.15, 0.2) is 34.8 Å². The summed E-state index contributed by atoms with van der Waals surface area (Å²) >= 11 is 3.19. The topological polar surface area (TPSA) is 26.3 Å². The minimum atomic E-state index is -0.440. The molecule has 0 fully saturated rings. The van der Waals surface area contributed by atoms with Crippen molar-refractivity contribution in [3.05, 3.63) is 62.9 Å². The number of hydrogen-bond donors (Lipinski definition) is 0. The molecular formula is C16H14BrFO2. The Morgan fingerprint density at radius 1 is 1.05 bits per heavy atom. The Morgan fingerprint density at radius 3 is 2.10 bits per heavy atom. The van der Waals surface area contributed by atoms with Crippen molar-refractivity contribution in [3.8, 4) is 5.75 Å². The molecule has 0 saturated heterocycles. The number of carbonyl (C=O) groups is 1. The molecule has 104 valence electrons. The second-order valence-electron chi connectivity index (χ2n) is 4.63. The van der Waals surface area contributed by atoms with E-state index in [1.54, 1.807) is 25.3 Å². The van der Waals surface area contributed by atoms with Crippen LogP contribution in [0.2, 0.25) is 0 Å². The number of halogens is 2. The molecule has 0 N–H and O–H groups in total. The van der Waals surface area contributed by atoms with Crippen LogP contribution in [-0.2, 0) is 0 Å². The summed E-state index contributed by atoms with van der Waals surface area (Å²) in [5, 5.41) is 0. The Labute approximate surface area is 125 Å². The average Bonchev–Trinajstić information content (AvgIpc) is 2.36. The average molecular weight is 337 g/mol. The molecule has 0 atom stereocenters. The van der Waals surface area contributed by atoms with Gasteiger partial charge in [-0.2, -0.15) is 0 Å². The highest BCUT2D eigenvalue weighted by Crippen LogP contribution is 2.26. The molecule has 0 aliphatic carbocycles. The fourth-order valence-corrected chi connectivity index (χ4v) is 2.72. The molecule has 0 aromatic heterocycles. The number of hydrogen-bond acceptors (Lipinski definition) is 2. The maximum atomic E-state index is 13.4. The van der Waals surface area contributed by atoms with Gasteiger partial charge in [-0.1, -0.05) is 15.9 Å². The molecule has 0 amide bonds. The molecule has 4 heteroatoms. The van der Waals surface area contributed by atoms with E-state index in [1.807, 2.05) is 13.8 Å². The number of carbonyl (C=O) groups excluding carboxylic acids is 1. The van der Waals surface area contributed by atoms with Gasteiger partial charge >= 0.3 is 0 Å². The van der Waals surface area contributed by atoms with Gasteiger partial charge in [-0.3, -0.25) is 4.79 Å². The Kier molecular flexibility index (Phi) is 4.23. The van der Waals surface area contributed by atoms with E-state index in [4.69, 9.17) is 4.74 Å². The summed E-state index contributed by atoms with van der Waals surface area (Å²) in [7, 11) is 1.60. The molecular weight excluding hydrogens is 323 g/mol. The van der Waals surface area contributed by atoms with Crippen molar-refractivity contribution in [2.24, 2.45) is 0 Å². The predicted molar refractivity (Wildman–Crippen MR) is 80.0 cm³/mol. The van der Waals surface area contributed by atoms with Gasteiger partial charge in [-0.25, -0.2) is 4.39 Å². The number of ether oxygens (including phenoxy) is 1. The highest BCUT2D eigenvalue weighted by Gasteiger charge is 2.14. The normalized spacial score (nSPS) is 10.4. The zero-order valence-corrected chi connectivity index (χ0v) is 13.0. The van der Waals surface area contributed by atoms with Gasteiger partial charge in [0, 0.05) is 15.6 Å². The van der Waals surface area contributed by atoms with E-state index in [2.05, 4.69) is 15.9 Å². The molecule has 2 nitrogen and oxygen atoms in total. The number of methoxy groups -OCH3 is 1. The Bertz CT molecular complexity index is 637. The Hall–Kier alpha value is -1.68. The van der Waals surface area contributed by atoms with Gasteiger partial charge in [0.1, 0.15) is 11.6 Å². The molecule has 0 saturated carbocycles. The lowest BCUT2D eigenvalue weighted by Gasteiger charge is -2.11. The second-order valence-corrected chi connectivity index (χ2v) is 5.55. The Morgan fingerprint density at radius 2 is 1.60 bits per heavy atom. The van der Waals surface area contributed by atoms with Gasteiger partial charge in [-0.15, -0.1) is 0 Å². The predicted octanol–water partition coefficient (Wildman–Crippen LogP) is 4.44. The van der Waals surface area contributed by atoms with Crippen LogP contribution in [0.4, 0.5) is 4.39 Å². The first kappa shape index (κ1) is 14.7. The first-order valence-electron chi connectivity index (χ1n) is 6.08. The molecule has 0 unspecified atom stereocenters. The summed E-state index contributed by atoms with van der Waals surface area (Å²) in [6.45, 7) is 3.76. The summed E-state index contributed by atoms with van der Waals surface area (Å²) in [6.07, 6.45) is 0. The van der Waals surface area contributed by atoms with Crippen LogP contribution in [0.25, 0.3) is 0 Å². The van der Waals surface area contributed by atoms with Crippen molar-refractivity contribution in [3.63, 3.8) is 0 Å². The highest BCUT2D eigenvalue weighted by atomic mass is 79.9. The number of aryl methyl sites for hydroxylation is 2. The number of rotatable bonds is 3. The number of benzene rings is 2. The summed E-state index contributed by atoms with van der Waals surface area (Å²) in [4.78, 5) is 12.4. The third-order valence-electron chi connectivity index (χ3n) is 3.05. The molecule has 0 bridgehead atoms. The number of ketones is 1. The minimum absolute atomic E-state index is 0.209. The molecule has 0 aliphatic rings. The minimum Gasteiger partial charge on any atom is -0.496 e. The second kappa shape index (κ2) is 5.75. The van der Waals surface area contributed by atoms with E-state index >= 15 is 0 Å². The van der Waals surface area contributed by atoms with Gasteiger partial charge in [0.05, 0.1) is 7.11 Å². The maximum Gasteiger partial charge on any atom is 0.193 e. The van der Waals surface area contributed by atoms with E-state index in [-0.39, 0.29) is 5.78 Å². The smallest absolute Gasteiger partial charge is 0.193 e. The van der Waals surface area contributed by atoms with Crippen LogP contribution in [0.5, 0.6) is 5.75 Å². The van der Waals surface area contributed by atoms with Crippen LogP contribution in [0.1, 0.15) is 27.0 Å². The van der Waals surface area contributed by atoms with Crippen LogP contribution in [-0.4, -0.2) is 12.9 Å². The van der Waals surface area contributed by atoms with Crippen molar-refractivity contribution in [2.45, 2.75) is 13.8 Å². The summed E-state index contributed by atoms with van der Waals surface area (Å²) in [5.41, 5.74) is 2.61. The molecule has 2 rings (SSSR count). The Balaban J connectivity index is 2.48. The molecule has 0 heterocycles. The van der Waals surface area contributed by atoms with E-state index < -0.39 is 5.82 Å². The summed E-state index contributed by atoms with van der Waals surface area (Å²) in [5.74, 6) is 0.116. The van der Waals surface area contributed by atoms with Gasteiger partial charge in [0.2, 0.25) is 0 Å². The van der Waals surface area contributed by atoms with Gasteiger partial charge in [0.15, 0.2) is 5.78 Å². The zero-order chi connectivity index (χ0) is 14.9. The monoisotopic (exact) mass is 336 g/mol. The van der Waals surface area contributed by atoms with E-state index in [0.29, 0.717) is 15.6 Å². The fourth-order valence-electron chi connectivity index (χ4n) is 2.25. The van der Waals surface area contributed by atoms with Crippen molar-refractivity contribution in [1.29, 1.82) is 0 Å². The van der Waals surface area contributed by atoms with Gasteiger partial charge in [0.25, 0.3) is 0 Å². The van der Waals surface area contributed by atoms with Crippen molar-refractivity contribution in [1.82, 2.24) is 0 Å². The largest absolute Gasteiger partial charge is 0.496 e. The first-order valence-corrected chi connectivity index (χ1v) is 6.87. The van der Waals surface area contributed by atoms with Crippen LogP contribution < -0.4 is 4.74 Å². The summed E-state index contributed by atoms with van der Waals surface area (Å²) < 4.78 is 19.2. The first-order chi connectivity index (χ1) is 9.42. The SMILES string of the molecule is COc1c(C)cc(C(=O)c2cc(F)cc(Br)c2)cc1C. The fraction of sp³-hybridized carbons (Fsp3) is 0.188. The zero-order valence-electron chi connectivity index (χ0n) is 11.5. The molecule has 2 aromatic rings. The van der Waals surface area contributed by atoms with E-state index in [0.717, 1.165) is 16.9 Å². The van der Waals surface area contributed by atoms with Crippen LogP contribution >= 0.6 is 15.9 Å². The quantitative estimate of drug-likeness (QED) is 0.774. The van der Waals surface area contributed by atoms with Crippen molar-refractivity contribution >= 4 is 21.7 Å². The lowest BCUT2D eigenvalue weighted by molar-refractivity contribution is 0.103. The standard InChI is InChI=1S/C16H14BrFO2/c1-9-4-11(5-10(2)16(9)20-3)15(19)12-6-13(17)8-14(18)7-12/h4-8H,1-3H3. The molecule has 20 heavy (non-hydrogen) atoms. The maximum absolute atomic E-state index is 13.4. The molecule has 0 spiro atoms. The van der Waals surface area contributed by atoms with Crippen LogP contribution in [0.3, 0.4) is 0 Å². The van der Waals surface area contributed by atoms with Crippen LogP contribution in [0, 0.1) is 19.7 Å². The molecule has 0 aliphatic heterocycles. The van der Waals surface area contributed by atoms with Gasteiger partial charge in [-0.05, 0) is 55.3 Å². The summed E-state index contributed by atoms with van der Waals surface area (Å²) in [6, 6.07) is 7.68. The molecule has 0 radical (unpaired) electrons. The van der Waals surface area contributed by atoms with Crippen molar-refractivity contribution in [2.75, 3.05) is 7.11 Å². The highest BCUT2D eigenvalue weighted by molar-refractivity contribution is 9.10.